The third-order valence-corrected chi connectivity index (χ3v) is 26.0. The highest BCUT2D eigenvalue weighted by atomic mass is 35.5. The number of phenolic OH excluding ortho intramolecular Hbond substituents is 4. The predicted octanol–water partition coefficient (Wildman–Crippen LogP) is 5.49. The van der Waals surface area contributed by atoms with Crippen LogP contribution in [0.1, 0.15) is 187 Å². The van der Waals surface area contributed by atoms with Gasteiger partial charge in [0.05, 0.1) is 41.1 Å². The fourth-order valence-electron chi connectivity index (χ4n) is 17.8. The average Bonchev–Trinajstić information content (AvgIpc) is 0.763. The molecule has 21 N–H and O–H groups in total. The van der Waals surface area contributed by atoms with E-state index in [1.165, 1.54) is 66.7 Å². The van der Waals surface area contributed by atoms with E-state index in [2.05, 4.69) is 45.7 Å². The van der Waals surface area contributed by atoms with E-state index >= 15 is 24.0 Å². The van der Waals surface area contributed by atoms with Crippen molar-refractivity contribution in [3.63, 3.8) is 0 Å². The van der Waals surface area contributed by atoms with Crippen molar-refractivity contribution >= 4 is 82.3 Å². The first-order chi connectivity index (χ1) is 67.3. The number of carbonyl (C=O) groups is 9. The second-order valence-corrected chi connectivity index (χ2v) is 36.8. The topological polar surface area (TPSA) is 641 Å². The molecule has 17 bridgehead atoms. The maximum Gasteiger partial charge on any atom is 0.373 e. The molecule has 43 heteroatoms. The van der Waals surface area contributed by atoms with Crippen LogP contribution < -0.4 is 61.3 Å². The second kappa shape index (κ2) is 47.6. The monoisotopic (exact) mass is 2000 g/mol. The number of phenols is 4. The van der Waals surface area contributed by atoms with Gasteiger partial charge >= 0.3 is 12.1 Å². The second-order valence-electron chi connectivity index (χ2n) is 36.0. The van der Waals surface area contributed by atoms with Crippen molar-refractivity contribution in [3.8, 4) is 80.1 Å². The van der Waals surface area contributed by atoms with Crippen molar-refractivity contribution < 1.29 is 166 Å². The lowest BCUT2D eigenvalue weighted by Gasteiger charge is -2.44. The molecule has 758 valence electrons. The number of Topliss-reactive ketones (excluding diaryl/α,β-unsaturated/α-hetero) is 2. The number of benzene rings is 7. The van der Waals surface area contributed by atoms with Crippen molar-refractivity contribution in [2.75, 3.05) is 19.8 Å². The third-order valence-electron chi connectivity index (χ3n) is 25.4. The van der Waals surface area contributed by atoms with Crippen LogP contribution in [0.2, 0.25) is 10.0 Å². The van der Waals surface area contributed by atoms with E-state index in [9.17, 15) is 85.6 Å². The smallest absolute Gasteiger partial charge is 0.373 e. The Bertz CT molecular complexity index is 5770. The Morgan fingerprint density at radius 1 is 0.532 bits per heavy atom. The Morgan fingerprint density at radius 3 is 1.79 bits per heavy atom. The molecule has 7 aromatic rings. The number of hydrogen-bond acceptors (Lipinski definition) is 35. The Labute approximate surface area is 817 Å². The Kier molecular flexibility index (Phi) is 35.8. The largest absolute Gasteiger partial charge is 0.508 e. The first kappa shape index (κ1) is 106. The number of ether oxygens (including phenoxy) is 10. The highest BCUT2D eigenvalue weighted by Crippen LogP contribution is 2.51. The number of nitrogens with two attached hydrogens (primary N) is 1. The third kappa shape index (κ3) is 25.5. The van der Waals surface area contributed by atoms with Gasteiger partial charge < -0.3 is 151 Å². The number of fused-ring (bicyclic) bond motifs is 14. The van der Waals surface area contributed by atoms with Gasteiger partial charge in [0.25, 0.3) is 0 Å². The first-order valence-electron chi connectivity index (χ1n) is 46.2. The molecule has 22 atom stereocenters. The number of aromatic hydroxyl groups is 4. The summed E-state index contributed by atoms with van der Waals surface area (Å²) in [4.78, 5) is 155. The minimum atomic E-state index is -2.32. The summed E-state index contributed by atoms with van der Waals surface area (Å²) in [5.41, 5.74) is 4.98. The molecule has 6 unspecified atom stereocenters. The number of nitrogens with one attached hydrogen (secondary N) is 6. The number of rotatable bonds is 25. The van der Waals surface area contributed by atoms with Crippen LogP contribution in [0, 0.1) is 5.92 Å². The number of hydrogen-bond donors (Lipinski definition) is 20. The number of unbranched alkanes of at least 4 members (excludes halogenated alkanes) is 7. The van der Waals surface area contributed by atoms with Gasteiger partial charge in [0.15, 0.2) is 40.9 Å². The number of halogens is 2. The average molecular weight is 2000 g/mol. The van der Waals surface area contributed by atoms with Crippen molar-refractivity contribution in [2.45, 2.75) is 265 Å². The van der Waals surface area contributed by atoms with Gasteiger partial charge in [0, 0.05) is 62.4 Å². The summed E-state index contributed by atoms with van der Waals surface area (Å²) < 4.78 is 64.5. The molecule has 7 aromatic carbocycles. The van der Waals surface area contributed by atoms with Gasteiger partial charge in [-0.2, -0.15) is 9.59 Å². The zero-order valence-electron chi connectivity index (χ0n) is 76.9. The molecule has 141 heavy (non-hydrogen) atoms. The van der Waals surface area contributed by atoms with Crippen LogP contribution in [0.4, 0.5) is 0 Å². The molecule has 3 fully saturated rings. The standard InChI is InChI=1S/C97H113Cl2N7O32.CO2/c1-5-6-7-8-13-16-75(117)129-42-73-84(120)86(122)80(104-74(116)15-12-10-9-11-14-43(2)3)96(136-73)138-90-69-33-50-34-70(90)132-66-24-20-48(31-59(66)99)89(137-95-79(102-44(4)109)85(121)82(118)71(40-107)134-95)81-94(128)101-39-51-28-53(111)36-68(133-97-88(124)87(123)83(119)72(41-108)135-97)76(51)57-30-46(18-21-61(57)112)55(91(125)106-81)38-64(115)78(50)105-92(126)56-37-63(114)60(26-45-17-23-65(131-69)58(98)25-45)103-93(127)77(100)47-19-22-62(113)67(32-47)130-54-29-49(56)27-52(110)35-54;2-1-3/h17-25,27-36,43,55-56,60,71-73,77-89,95-97,107-108,110-113,118-124H,5-16,26,37-42,100H2,1-4H3,(H,101,128)(H,102,109)(H,103,127)(H,104,116)(H,105,126)(H,106,125);/t55-,56+,60-,71?,72?,73?,77-,78-,79?,80?,81+,82-,83-,84-,85-,86-,87?,88-,89-,95+,96+,97+;/m1./s1. The highest BCUT2D eigenvalue weighted by molar-refractivity contribution is 6.32. The molecule has 9 aliphatic heterocycles. The van der Waals surface area contributed by atoms with Crippen molar-refractivity contribution in [3.05, 3.63) is 164 Å². The summed E-state index contributed by atoms with van der Waals surface area (Å²) in [6.07, 6.45) is -22.5. The summed E-state index contributed by atoms with van der Waals surface area (Å²) >= 11 is 14.9. The van der Waals surface area contributed by atoms with Crippen LogP contribution in [0.25, 0.3) is 11.1 Å². The zero-order chi connectivity index (χ0) is 102. The van der Waals surface area contributed by atoms with E-state index in [-0.39, 0.29) is 85.8 Å². The molecular weight excluding hydrogens is 1890 g/mol. The normalized spacial score (nSPS) is 27.2. The van der Waals surface area contributed by atoms with E-state index in [4.69, 9.17) is 85.9 Å². The van der Waals surface area contributed by atoms with Gasteiger partial charge in [0.2, 0.25) is 53.8 Å². The number of aliphatic hydroxyl groups is 9. The minimum absolute atomic E-state index is 0.0468. The minimum Gasteiger partial charge on any atom is -0.508 e. The predicted molar refractivity (Wildman–Crippen MR) is 492 cm³/mol. The summed E-state index contributed by atoms with van der Waals surface area (Å²) in [7, 11) is 0. The van der Waals surface area contributed by atoms with E-state index in [1.807, 2.05) is 6.92 Å². The van der Waals surface area contributed by atoms with Crippen LogP contribution in [0.5, 0.6) is 69.0 Å². The Hall–Kier alpha value is -12.2. The number of carbonyl (C=O) groups excluding carboxylic acids is 11. The SMILES string of the molecule is CCCCCCCC(=O)OCC1O[C@@H](Oc2c3cc4cc2Oc2ccc(cc2Cl)[C@@H](O[C@@H]2OC(CO)[C@@H](O)[C@H](O)C2NC(C)=O)[C@@H]2NC(=O)[C@H](CC(=O)[C@@H]4NC(=O)[C@H]4CC(=O)[C@@H](Cc5ccc(c(Cl)c5)O3)NC(=O)[C@H](N)c3ccc(O)c(c3)Oc3cc(O)cc4c3)c3ccc(O)c(c3)-c3c(cc(O)cc3O[C@H]3OC(CO)[C@@H](O)C(O)[C@H]3O)CNC2=O)C(NC(=O)CCCCCCC(C)C)[C@@H](O)[C@@H]1O.O=C=O. The van der Waals surface area contributed by atoms with Gasteiger partial charge in [-0.3, -0.25) is 43.2 Å². The lowest BCUT2D eigenvalue weighted by atomic mass is 9.85. The number of esters is 1. The molecule has 0 saturated carbocycles. The fraction of sp³-hybridized carbons (Fsp3) is 0.469. The van der Waals surface area contributed by atoms with Crippen molar-refractivity contribution in [1.29, 1.82) is 0 Å². The van der Waals surface area contributed by atoms with Crippen LogP contribution in [0.3, 0.4) is 0 Å². The maximum absolute atomic E-state index is 17.3. The lowest BCUT2D eigenvalue weighted by Crippen LogP contribution is -2.65. The summed E-state index contributed by atoms with van der Waals surface area (Å²) in [6.45, 7) is 3.79. The van der Waals surface area contributed by atoms with Crippen molar-refractivity contribution in [2.24, 2.45) is 11.7 Å². The van der Waals surface area contributed by atoms with Gasteiger partial charge in [0.1, 0.15) is 144 Å². The number of aliphatic hydroxyl groups excluding tert-OH is 9. The molecule has 6 amide bonds. The molecule has 0 radical (unpaired) electrons. The molecule has 41 nitrogen and oxygen atoms in total. The lowest BCUT2D eigenvalue weighted by molar-refractivity contribution is -0.284. The highest BCUT2D eigenvalue weighted by Gasteiger charge is 2.52. The van der Waals surface area contributed by atoms with Gasteiger partial charge in [-0.15, -0.1) is 0 Å². The quantitative estimate of drug-likeness (QED) is 0.0248. The van der Waals surface area contributed by atoms with Crippen LogP contribution >= 0.6 is 23.2 Å². The molecule has 16 rings (SSSR count). The molecule has 3 saturated heterocycles. The fourth-order valence-corrected chi connectivity index (χ4v) is 18.3. The van der Waals surface area contributed by atoms with Crippen LogP contribution in [-0.4, -0.2) is 249 Å². The molecular formula is C98H113Cl2N7O34. The van der Waals surface area contributed by atoms with E-state index in [0.717, 1.165) is 94.0 Å². The summed E-state index contributed by atoms with van der Waals surface area (Å²) in [5, 5.41) is 165. The molecule has 9 aliphatic rings. The van der Waals surface area contributed by atoms with Crippen LogP contribution in [0.15, 0.2) is 115 Å². The van der Waals surface area contributed by atoms with Gasteiger partial charge in [-0.05, 0) is 143 Å². The van der Waals surface area contributed by atoms with Crippen LogP contribution in [-0.2, 0) is 89.4 Å². The maximum atomic E-state index is 17.3. The van der Waals surface area contributed by atoms with E-state index in [0.29, 0.717) is 31.6 Å². The van der Waals surface area contributed by atoms with Gasteiger partial charge in [-0.25, -0.2) is 0 Å². The molecule has 9 heterocycles. The van der Waals surface area contributed by atoms with E-state index < -0.39 is 295 Å². The first-order valence-corrected chi connectivity index (χ1v) is 46.9. The molecule has 0 aromatic heterocycles. The van der Waals surface area contributed by atoms with E-state index in [1.54, 1.807) is 0 Å². The summed E-state index contributed by atoms with van der Waals surface area (Å²) in [5.74, 6) is -18.8. The number of amides is 6. The van der Waals surface area contributed by atoms with Gasteiger partial charge in [-0.1, -0.05) is 120 Å². The molecule has 0 spiro atoms. The summed E-state index contributed by atoms with van der Waals surface area (Å²) in [6, 6.07) is 11.1. The van der Waals surface area contributed by atoms with Crippen molar-refractivity contribution in [1.82, 2.24) is 31.9 Å². The Balaban J connectivity index is 0.00000550. The Morgan fingerprint density at radius 2 is 1.12 bits per heavy atom. The molecule has 0 aliphatic carbocycles. The number of ketones is 2. The zero-order valence-corrected chi connectivity index (χ0v) is 78.4.